The van der Waals surface area contributed by atoms with Crippen LogP contribution in [0.5, 0.6) is 0 Å². The average Bonchev–Trinajstić information content (AvgIpc) is 2.27. The lowest BCUT2D eigenvalue weighted by Crippen LogP contribution is -1.90. The van der Waals surface area contributed by atoms with Gasteiger partial charge in [-0.3, -0.25) is 0 Å². The Balaban J connectivity index is 2.69. The van der Waals surface area contributed by atoms with Crippen molar-refractivity contribution in [3.63, 3.8) is 0 Å². The van der Waals surface area contributed by atoms with E-state index >= 15 is 0 Å². The minimum atomic E-state index is 0.210. The van der Waals surface area contributed by atoms with Crippen molar-refractivity contribution in [2.45, 2.75) is 9.07 Å². The molecule has 2 rings (SSSR count). The smallest absolute Gasteiger partial charge is 0.0876 e. The number of alkyl halides is 3. The Kier molecular flexibility index (Phi) is 3.86. The Morgan fingerprint density at radius 3 is 2.13 bits per heavy atom. The third-order valence-corrected chi connectivity index (χ3v) is 3.98. The first-order valence-electron chi connectivity index (χ1n) is 4.58. The van der Waals surface area contributed by atoms with E-state index < -0.39 is 0 Å². The molecule has 3 heteroatoms. The zero-order chi connectivity index (χ0) is 10.8. The first-order chi connectivity index (χ1) is 7.22. The molecule has 0 unspecified atom stereocenters. The number of halogens is 3. The lowest BCUT2D eigenvalue weighted by Gasteiger charge is -2.10. The summed E-state index contributed by atoms with van der Waals surface area (Å²) < 4.78 is 0.210. The molecule has 0 amide bonds. The lowest BCUT2D eigenvalue weighted by atomic mass is 10.0. The van der Waals surface area contributed by atoms with Crippen molar-refractivity contribution in [3.8, 4) is 0 Å². The highest BCUT2D eigenvalue weighted by atomic mass is 79.9. The van der Waals surface area contributed by atoms with Crippen LogP contribution in [0.3, 0.4) is 0 Å². The van der Waals surface area contributed by atoms with Crippen molar-refractivity contribution in [1.82, 2.24) is 0 Å². The van der Waals surface area contributed by atoms with Crippen molar-refractivity contribution < 1.29 is 0 Å². The van der Waals surface area contributed by atoms with Gasteiger partial charge in [0, 0.05) is 5.33 Å². The van der Waals surface area contributed by atoms with E-state index in [0.717, 1.165) is 5.33 Å². The molecule has 0 atom stereocenters. The summed E-state index contributed by atoms with van der Waals surface area (Å²) in [6, 6.07) is 12.9. The van der Waals surface area contributed by atoms with Crippen molar-refractivity contribution >= 4 is 58.6 Å². The molecular formula is C12H9Br3. The molecule has 0 aliphatic heterocycles. The van der Waals surface area contributed by atoms with Gasteiger partial charge in [0.1, 0.15) is 0 Å². The van der Waals surface area contributed by atoms with E-state index in [-0.39, 0.29) is 3.74 Å². The van der Waals surface area contributed by atoms with Gasteiger partial charge < -0.3 is 0 Å². The number of benzene rings is 2. The van der Waals surface area contributed by atoms with Crippen LogP contribution in [-0.2, 0) is 5.33 Å². The normalized spacial score (nSPS) is 11.2. The van der Waals surface area contributed by atoms with Crippen molar-refractivity contribution in [3.05, 3.63) is 47.5 Å². The maximum Gasteiger partial charge on any atom is 0.0949 e. The van der Waals surface area contributed by atoms with Crippen LogP contribution < -0.4 is 0 Å². The fraction of sp³-hybridized carbons (Fsp3) is 0.167. The molecule has 0 aliphatic carbocycles. The average molecular weight is 393 g/mol. The Morgan fingerprint density at radius 1 is 1.00 bits per heavy atom. The molecule has 0 nitrogen and oxygen atoms in total. The van der Waals surface area contributed by atoms with Gasteiger partial charge in [-0.15, -0.1) is 0 Å². The second-order valence-electron chi connectivity index (χ2n) is 3.33. The van der Waals surface area contributed by atoms with Crippen LogP contribution in [0.15, 0.2) is 36.4 Å². The van der Waals surface area contributed by atoms with E-state index in [1.54, 1.807) is 0 Å². The first-order valence-corrected chi connectivity index (χ1v) is 7.53. The van der Waals surface area contributed by atoms with Gasteiger partial charge in [-0.2, -0.15) is 0 Å². The van der Waals surface area contributed by atoms with E-state index in [9.17, 15) is 0 Å². The summed E-state index contributed by atoms with van der Waals surface area (Å²) in [7, 11) is 0. The molecule has 0 N–H and O–H groups in total. The molecule has 0 fully saturated rings. The minimum absolute atomic E-state index is 0.210. The highest BCUT2D eigenvalue weighted by Gasteiger charge is 2.09. The van der Waals surface area contributed by atoms with Crippen LogP contribution in [-0.4, -0.2) is 0 Å². The Hall–Kier alpha value is 0.140. The van der Waals surface area contributed by atoms with E-state index in [4.69, 9.17) is 0 Å². The molecule has 15 heavy (non-hydrogen) atoms. The maximum absolute atomic E-state index is 3.56. The Bertz CT molecular complexity index is 477. The fourth-order valence-electron chi connectivity index (χ4n) is 1.62. The van der Waals surface area contributed by atoms with Gasteiger partial charge in [-0.05, 0) is 34.0 Å². The van der Waals surface area contributed by atoms with Crippen LogP contribution in [0.25, 0.3) is 10.8 Å². The van der Waals surface area contributed by atoms with E-state index in [1.807, 2.05) is 0 Å². The van der Waals surface area contributed by atoms with Gasteiger partial charge in [0.25, 0.3) is 0 Å². The molecule has 0 aliphatic rings. The summed E-state index contributed by atoms with van der Waals surface area (Å²) >= 11 is 10.6. The van der Waals surface area contributed by atoms with Crippen molar-refractivity contribution in [2.75, 3.05) is 0 Å². The van der Waals surface area contributed by atoms with Gasteiger partial charge in [0.15, 0.2) is 0 Å². The minimum Gasteiger partial charge on any atom is -0.0876 e. The monoisotopic (exact) mass is 390 g/mol. The summed E-state index contributed by atoms with van der Waals surface area (Å²) in [5.41, 5.74) is 2.60. The molecule has 78 valence electrons. The van der Waals surface area contributed by atoms with Gasteiger partial charge in [-0.1, -0.05) is 72.1 Å². The van der Waals surface area contributed by atoms with E-state index in [2.05, 4.69) is 84.2 Å². The van der Waals surface area contributed by atoms with Gasteiger partial charge in [0.2, 0.25) is 0 Å². The largest absolute Gasteiger partial charge is 0.0949 e. The molecule has 0 saturated carbocycles. The fourth-order valence-corrected chi connectivity index (χ4v) is 2.96. The Labute approximate surface area is 114 Å². The second kappa shape index (κ2) is 4.98. The van der Waals surface area contributed by atoms with E-state index in [1.165, 1.54) is 21.9 Å². The van der Waals surface area contributed by atoms with Crippen molar-refractivity contribution in [2.24, 2.45) is 0 Å². The molecule has 0 aromatic heterocycles. The predicted octanol–water partition coefficient (Wildman–Crippen LogP) is 5.52. The van der Waals surface area contributed by atoms with Crippen LogP contribution in [0.1, 0.15) is 14.9 Å². The molecule has 0 radical (unpaired) electrons. The third kappa shape index (κ3) is 2.45. The molecule has 0 bridgehead atoms. The topological polar surface area (TPSA) is 0 Å². The molecular weight excluding hydrogens is 384 g/mol. The Morgan fingerprint density at radius 2 is 1.60 bits per heavy atom. The summed E-state index contributed by atoms with van der Waals surface area (Å²) in [6.07, 6.45) is 0. The third-order valence-electron chi connectivity index (χ3n) is 2.39. The molecule has 0 heterocycles. The number of hydrogen-bond donors (Lipinski definition) is 0. The number of hydrogen-bond acceptors (Lipinski definition) is 0. The highest BCUT2D eigenvalue weighted by Crippen LogP contribution is 2.35. The lowest BCUT2D eigenvalue weighted by molar-refractivity contribution is 1.31. The maximum atomic E-state index is 3.56. The SMILES string of the molecule is BrCc1cc2ccccc2cc1C(Br)Br. The van der Waals surface area contributed by atoms with Crippen LogP contribution in [0.2, 0.25) is 0 Å². The van der Waals surface area contributed by atoms with Crippen LogP contribution in [0.4, 0.5) is 0 Å². The van der Waals surface area contributed by atoms with Crippen LogP contribution >= 0.6 is 47.8 Å². The summed E-state index contributed by atoms with van der Waals surface area (Å²) in [5, 5.41) is 3.44. The van der Waals surface area contributed by atoms with Gasteiger partial charge >= 0.3 is 0 Å². The zero-order valence-electron chi connectivity index (χ0n) is 7.88. The van der Waals surface area contributed by atoms with Gasteiger partial charge in [0.05, 0.1) is 3.74 Å². The molecule has 0 saturated heterocycles. The predicted molar refractivity (Wildman–Crippen MR) is 77.2 cm³/mol. The molecule has 2 aromatic carbocycles. The standard InChI is InChI=1S/C12H9Br3/c13-7-10-5-8-3-1-2-4-9(8)6-11(10)12(14)15/h1-6,12H,7H2. The summed E-state index contributed by atoms with van der Waals surface area (Å²) in [4.78, 5) is 0. The summed E-state index contributed by atoms with van der Waals surface area (Å²) in [6.45, 7) is 0. The zero-order valence-corrected chi connectivity index (χ0v) is 12.6. The second-order valence-corrected chi connectivity index (χ2v) is 6.95. The molecule has 0 spiro atoms. The first kappa shape index (κ1) is 11.6. The summed E-state index contributed by atoms with van der Waals surface area (Å²) in [5.74, 6) is 0. The van der Waals surface area contributed by atoms with Gasteiger partial charge in [-0.25, -0.2) is 0 Å². The number of fused-ring (bicyclic) bond motifs is 1. The quantitative estimate of drug-likeness (QED) is 0.590. The number of rotatable bonds is 2. The highest BCUT2D eigenvalue weighted by molar-refractivity contribution is 9.24. The van der Waals surface area contributed by atoms with E-state index in [0.29, 0.717) is 0 Å². The molecule has 2 aromatic rings. The van der Waals surface area contributed by atoms with Crippen LogP contribution in [0, 0.1) is 0 Å². The van der Waals surface area contributed by atoms with Crippen molar-refractivity contribution in [1.29, 1.82) is 0 Å².